The van der Waals surface area contributed by atoms with Crippen molar-refractivity contribution in [2.24, 2.45) is 13.0 Å². The molecule has 0 atom stereocenters. The second-order valence-corrected chi connectivity index (χ2v) is 7.58. The molecule has 2 aromatic heterocycles. The highest BCUT2D eigenvalue weighted by molar-refractivity contribution is 5.12. The van der Waals surface area contributed by atoms with Crippen LogP contribution in [0.5, 0.6) is 0 Å². The second-order valence-electron chi connectivity index (χ2n) is 7.58. The fourth-order valence-electron chi connectivity index (χ4n) is 3.58. The molecule has 1 saturated carbocycles. The van der Waals surface area contributed by atoms with Gasteiger partial charge in [0, 0.05) is 38.3 Å². The second kappa shape index (κ2) is 7.15. The minimum atomic E-state index is -0.210. The van der Waals surface area contributed by atoms with E-state index in [1.165, 1.54) is 17.4 Å². The normalized spacial score (nSPS) is 19.0. The average Bonchev–Trinajstić information content (AvgIpc) is 3.47. The number of aromatic nitrogens is 4. The van der Waals surface area contributed by atoms with E-state index in [0.29, 0.717) is 24.9 Å². The molecule has 2 fully saturated rings. The first-order chi connectivity index (χ1) is 12.6. The standard InChI is InChI=1S/C19H25N5O2/c1-22-9-8-16(20-19(22)26)13-23-10-6-14(7-11-23)12-24-18(25)5-4-17(21-24)15-2-3-15/h4-5,8-9,14-15H,2-3,6-7,10-13H2,1H3. The van der Waals surface area contributed by atoms with Crippen LogP contribution in [-0.4, -0.2) is 37.3 Å². The Kier molecular flexibility index (Phi) is 4.72. The van der Waals surface area contributed by atoms with Crippen LogP contribution in [0.15, 0.2) is 34.0 Å². The topological polar surface area (TPSA) is 73.0 Å². The molecule has 0 unspecified atom stereocenters. The van der Waals surface area contributed by atoms with Gasteiger partial charge in [-0.3, -0.25) is 9.69 Å². The van der Waals surface area contributed by atoms with Gasteiger partial charge in [-0.15, -0.1) is 0 Å². The van der Waals surface area contributed by atoms with E-state index in [1.54, 1.807) is 24.0 Å². The van der Waals surface area contributed by atoms with Crippen molar-refractivity contribution in [1.29, 1.82) is 0 Å². The fraction of sp³-hybridized carbons (Fsp3) is 0.579. The van der Waals surface area contributed by atoms with Crippen molar-refractivity contribution in [3.63, 3.8) is 0 Å². The molecule has 7 heteroatoms. The molecule has 2 aromatic rings. The van der Waals surface area contributed by atoms with Gasteiger partial charge in [-0.05, 0) is 56.8 Å². The zero-order valence-electron chi connectivity index (χ0n) is 15.2. The number of piperidine rings is 1. The molecular formula is C19H25N5O2. The van der Waals surface area contributed by atoms with Gasteiger partial charge < -0.3 is 4.57 Å². The molecule has 26 heavy (non-hydrogen) atoms. The molecule has 0 spiro atoms. The number of likely N-dealkylation sites (tertiary alicyclic amines) is 1. The van der Waals surface area contributed by atoms with E-state index in [1.807, 2.05) is 12.1 Å². The Balaban J connectivity index is 1.33. The van der Waals surface area contributed by atoms with Crippen molar-refractivity contribution < 1.29 is 0 Å². The van der Waals surface area contributed by atoms with Crippen molar-refractivity contribution in [3.8, 4) is 0 Å². The van der Waals surface area contributed by atoms with E-state index in [4.69, 9.17) is 0 Å². The Bertz CT molecular complexity index is 891. The van der Waals surface area contributed by atoms with Crippen LogP contribution in [0.3, 0.4) is 0 Å². The minimum Gasteiger partial charge on any atom is -0.302 e. The molecule has 0 radical (unpaired) electrons. The van der Waals surface area contributed by atoms with Gasteiger partial charge in [-0.1, -0.05) is 0 Å². The lowest BCUT2D eigenvalue weighted by atomic mass is 9.96. The third kappa shape index (κ3) is 3.93. The van der Waals surface area contributed by atoms with E-state index < -0.39 is 0 Å². The first kappa shape index (κ1) is 17.1. The van der Waals surface area contributed by atoms with Gasteiger partial charge in [-0.2, -0.15) is 10.1 Å². The van der Waals surface area contributed by atoms with Crippen LogP contribution in [0, 0.1) is 5.92 Å². The largest absolute Gasteiger partial charge is 0.347 e. The van der Waals surface area contributed by atoms with Crippen molar-refractivity contribution in [1.82, 2.24) is 24.2 Å². The molecule has 2 aliphatic rings. The Morgan fingerprint density at radius 2 is 1.85 bits per heavy atom. The fourth-order valence-corrected chi connectivity index (χ4v) is 3.58. The average molecular weight is 355 g/mol. The highest BCUT2D eigenvalue weighted by atomic mass is 16.1. The summed E-state index contributed by atoms with van der Waals surface area (Å²) in [6, 6.07) is 5.45. The van der Waals surface area contributed by atoms with Crippen LogP contribution in [0.4, 0.5) is 0 Å². The Morgan fingerprint density at radius 3 is 2.54 bits per heavy atom. The highest BCUT2D eigenvalue weighted by Crippen LogP contribution is 2.38. The van der Waals surface area contributed by atoms with E-state index in [2.05, 4.69) is 15.0 Å². The lowest BCUT2D eigenvalue weighted by Crippen LogP contribution is -2.37. The quantitative estimate of drug-likeness (QED) is 0.804. The lowest BCUT2D eigenvalue weighted by Gasteiger charge is -2.31. The van der Waals surface area contributed by atoms with Crippen molar-refractivity contribution in [2.45, 2.75) is 44.7 Å². The molecule has 138 valence electrons. The van der Waals surface area contributed by atoms with Gasteiger partial charge in [0.2, 0.25) is 0 Å². The zero-order chi connectivity index (χ0) is 18.1. The molecule has 3 heterocycles. The number of nitrogens with zero attached hydrogens (tertiary/aromatic N) is 5. The van der Waals surface area contributed by atoms with Gasteiger partial charge in [0.1, 0.15) is 0 Å². The Labute approximate surface area is 152 Å². The monoisotopic (exact) mass is 355 g/mol. The third-order valence-corrected chi connectivity index (χ3v) is 5.44. The smallest absolute Gasteiger partial charge is 0.302 e. The van der Waals surface area contributed by atoms with Crippen LogP contribution in [-0.2, 0) is 20.1 Å². The maximum atomic E-state index is 12.1. The van der Waals surface area contributed by atoms with Gasteiger partial charge in [-0.25, -0.2) is 9.48 Å². The lowest BCUT2D eigenvalue weighted by molar-refractivity contribution is 0.161. The summed E-state index contributed by atoms with van der Waals surface area (Å²) in [5.41, 5.74) is 1.68. The molecule has 1 aliphatic heterocycles. The van der Waals surface area contributed by atoms with Crippen LogP contribution in [0.25, 0.3) is 0 Å². The van der Waals surface area contributed by atoms with Crippen LogP contribution >= 0.6 is 0 Å². The van der Waals surface area contributed by atoms with Crippen LogP contribution in [0.2, 0.25) is 0 Å². The van der Waals surface area contributed by atoms with Crippen LogP contribution in [0.1, 0.15) is 43.0 Å². The summed E-state index contributed by atoms with van der Waals surface area (Å²) < 4.78 is 3.15. The summed E-state index contributed by atoms with van der Waals surface area (Å²) >= 11 is 0. The zero-order valence-corrected chi connectivity index (χ0v) is 15.2. The molecule has 1 aliphatic carbocycles. The van der Waals surface area contributed by atoms with Crippen molar-refractivity contribution >= 4 is 0 Å². The predicted molar refractivity (Wildman–Crippen MR) is 98.0 cm³/mol. The number of hydrogen-bond acceptors (Lipinski definition) is 5. The predicted octanol–water partition coefficient (Wildman–Crippen LogP) is 1.13. The number of hydrogen-bond donors (Lipinski definition) is 0. The first-order valence-electron chi connectivity index (χ1n) is 9.41. The molecular weight excluding hydrogens is 330 g/mol. The van der Waals surface area contributed by atoms with Crippen LogP contribution < -0.4 is 11.2 Å². The maximum Gasteiger partial charge on any atom is 0.347 e. The Hall–Kier alpha value is -2.28. The van der Waals surface area contributed by atoms with Gasteiger partial charge in [0.15, 0.2) is 0 Å². The van der Waals surface area contributed by atoms with E-state index >= 15 is 0 Å². The molecule has 0 N–H and O–H groups in total. The summed E-state index contributed by atoms with van der Waals surface area (Å²) in [5.74, 6) is 1.04. The number of aryl methyl sites for hydroxylation is 1. The first-order valence-corrected chi connectivity index (χ1v) is 9.41. The summed E-state index contributed by atoms with van der Waals surface area (Å²) in [4.78, 5) is 30.2. The third-order valence-electron chi connectivity index (χ3n) is 5.44. The van der Waals surface area contributed by atoms with E-state index in [9.17, 15) is 9.59 Å². The maximum absolute atomic E-state index is 12.1. The van der Waals surface area contributed by atoms with Gasteiger partial charge in [0.25, 0.3) is 5.56 Å². The minimum absolute atomic E-state index is 0.00107. The van der Waals surface area contributed by atoms with E-state index in [0.717, 1.165) is 37.3 Å². The van der Waals surface area contributed by atoms with Gasteiger partial charge >= 0.3 is 5.69 Å². The summed E-state index contributed by atoms with van der Waals surface area (Å²) in [7, 11) is 1.71. The SMILES string of the molecule is Cn1ccc(CN2CCC(Cn3nc(C4CC4)ccc3=O)CC2)nc1=O. The van der Waals surface area contributed by atoms with Crippen molar-refractivity contribution in [3.05, 3.63) is 56.6 Å². The molecule has 0 aromatic carbocycles. The van der Waals surface area contributed by atoms with Crippen molar-refractivity contribution in [2.75, 3.05) is 13.1 Å². The molecule has 0 amide bonds. The number of rotatable bonds is 5. The molecule has 1 saturated heterocycles. The van der Waals surface area contributed by atoms with E-state index in [-0.39, 0.29) is 11.2 Å². The summed E-state index contributed by atoms with van der Waals surface area (Å²) in [6.45, 7) is 3.33. The summed E-state index contributed by atoms with van der Waals surface area (Å²) in [5, 5.41) is 4.58. The van der Waals surface area contributed by atoms with Gasteiger partial charge in [0.05, 0.1) is 11.4 Å². The highest BCUT2D eigenvalue weighted by Gasteiger charge is 2.26. The molecule has 4 rings (SSSR count). The molecule has 7 nitrogen and oxygen atoms in total. The molecule has 0 bridgehead atoms. The summed E-state index contributed by atoms with van der Waals surface area (Å²) in [6.07, 6.45) is 6.22. The Morgan fingerprint density at radius 1 is 1.08 bits per heavy atom.